The minimum absolute atomic E-state index is 0.0975. The molecule has 0 N–H and O–H groups in total. The molecule has 0 aromatic heterocycles. The molecule has 0 fully saturated rings. The Morgan fingerprint density at radius 2 is 1.50 bits per heavy atom. The summed E-state index contributed by atoms with van der Waals surface area (Å²) in [4.78, 5) is 0. The first kappa shape index (κ1) is 11.2. The van der Waals surface area contributed by atoms with Crippen molar-refractivity contribution in [2.45, 2.75) is 33.1 Å². The largest absolute Gasteiger partial charge is 0.0764 e. The molecule has 1 radical (unpaired) electrons. The van der Waals surface area contributed by atoms with E-state index in [0.29, 0.717) is 0 Å². The van der Waals surface area contributed by atoms with Crippen LogP contribution in [0.4, 0.5) is 0 Å². The maximum atomic E-state index is 2.29. The lowest BCUT2D eigenvalue weighted by Gasteiger charge is -2.28. The van der Waals surface area contributed by atoms with Crippen LogP contribution in [0.3, 0.4) is 0 Å². The van der Waals surface area contributed by atoms with E-state index in [0.717, 1.165) is 0 Å². The summed E-state index contributed by atoms with van der Waals surface area (Å²) in [6, 6.07) is 6.81. The minimum atomic E-state index is 0.0975. The van der Waals surface area contributed by atoms with Gasteiger partial charge in [0, 0.05) is 11.8 Å². The third kappa shape index (κ3) is 1.97. The lowest BCUT2D eigenvalue weighted by atomic mass is 9.76. The summed E-state index contributed by atoms with van der Waals surface area (Å²) in [5, 5.41) is 0. The number of rotatable bonds is 2. The second-order valence-electron chi connectivity index (χ2n) is 5.17. The molecule has 0 heterocycles. The molecule has 2 rings (SSSR count). The van der Waals surface area contributed by atoms with Crippen LogP contribution in [-0.2, 0) is 5.41 Å². The second kappa shape index (κ2) is 3.93. The van der Waals surface area contributed by atoms with Gasteiger partial charge in [0.2, 0.25) is 0 Å². The average Bonchev–Trinajstić information content (AvgIpc) is 2.69. The molecule has 0 nitrogen and oxygen atoms in total. The molecule has 0 saturated heterocycles. The Hall–Kier alpha value is -1.30. The van der Waals surface area contributed by atoms with Gasteiger partial charge < -0.3 is 0 Å². The van der Waals surface area contributed by atoms with Crippen molar-refractivity contribution in [2.24, 2.45) is 0 Å². The zero-order valence-electron chi connectivity index (χ0n) is 10.5. The van der Waals surface area contributed by atoms with Gasteiger partial charge in [0.1, 0.15) is 0 Å². The van der Waals surface area contributed by atoms with E-state index in [1.807, 2.05) is 0 Å². The number of aryl methyl sites for hydroxylation is 2. The van der Waals surface area contributed by atoms with Crippen LogP contribution in [0.1, 0.15) is 30.5 Å². The van der Waals surface area contributed by atoms with Crippen molar-refractivity contribution in [3.63, 3.8) is 0 Å². The molecule has 1 aliphatic rings. The van der Waals surface area contributed by atoms with Gasteiger partial charge in [-0.2, -0.15) is 0 Å². The summed E-state index contributed by atoms with van der Waals surface area (Å²) in [5.74, 6) is 0. The number of allylic oxidation sites excluding steroid dienone is 4. The molecule has 0 heteroatoms. The second-order valence-corrected chi connectivity index (χ2v) is 5.17. The van der Waals surface area contributed by atoms with Gasteiger partial charge in [-0.1, -0.05) is 67.0 Å². The Balaban J connectivity index is 2.42. The first-order valence-electron chi connectivity index (χ1n) is 5.81. The van der Waals surface area contributed by atoms with E-state index in [-0.39, 0.29) is 5.41 Å². The van der Waals surface area contributed by atoms with Crippen molar-refractivity contribution in [1.82, 2.24) is 0 Å². The molecular formula is C16H19. The fourth-order valence-electron chi connectivity index (χ4n) is 2.29. The molecule has 16 heavy (non-hydrogen) atoms. The number of hydrogen-bond donors (Lipinski definition) is 0. The van der Waals surface area contributed by atoms with E-state index in [1.165, 1.54) is 22.3 Å². The van der Waals surface area contributed by atoms with Crippen LogP contribution in [0.5, 0.6) is 0 Å². The van der Waals surface area contributed by atoms with E-state index in [4.69, 9.17) is 0 Å². The minimum Gasteiger partial charge on any atom is -0.0764 e. The first-order chi connectivity index (χ1) is 7.50. The third-order valence-electron chi connectivity index (χ3n) is 3.33. The SMILES string of the molecule is Cc1cc(C)cc(C(C)(C)C2=CC=C[CH]2)c1. The lowest BCUT2D eigenvalue weighted by molar-refractivity contribution is 0.633. The number of hydrogen-bond acceptors (Lipinski definition) is 0. The summed E-state index contributed by atoms with van der Waals surface area (Å²) in [5.41, 5.74) is 5.57. The Morgan fingerprint density at radius 1 is 0.875 bits per heavy atom. The van der Waals surface area contributed by atoms with Crippen LogP contribution < -0.4 is 0 Å². The molecule has 0 bridgehead atoms. The third-order valence-corrected chi connectivity index (χ3v) is 3.33. The summed E-state index contributed by atoms with van der Waals surface area (Å²) < 4.78 is 0. The molecule has 1 aliphatic carbocycles. The quantitative estimate of drug-likeness (QED) is 0.685. The Morgan fingerprint density at radius 3 is 2.00 bits per heavy atom. The van der Waals surface area contributed by atoms with Crippen LogP contribution in [0.2, 0.25) is 0 Å². The van der Waals surface area contributed by atoms with Gasteiger partial charge in [-0.3, -0.25) is 0 Å². The van der Waals surface area contributed by atoms with E-state index in [1.54, 1.807) is 0 Å². The van der Waals surface area contributed by atoms with Gasteiger partial charge in [0.25, 0.3) is 0 Å². The Kier molecular flexibility index (Phi) is 2.75. The zero-order valence-corrected chi connectivity index (χ0v) is 10.5. The normalized spacial score (nSPS) is 15.4. The molecular weight excluding hydrogens is 192 g/mol. The van der Waals surface area contributed by atoms with E-state index < -0.39 is 0 Å². The highest BCUT2D eigenvalue weighted by molar-refractivity contribution is 5.47. The molecule has 0 amide bonds. The predicted octanol–water partition coefficient (Wildman–Crippen LogP) is 4.28. The van der Waals surface area contributed by atoms with Crippen molar-refractivity contribution < 1.29 is 0 Å². The Bertz CT molecular complexity index is 439. The van der Waals surface area contributed by atoms with Gasteiger partial charge in [-0.25, -0.2) is 0 Å². The summed E-state index contributed by atoms with van der Waals surface area (Å²) in [7, 11) is 0. The average molecular weight is 211 g/mol. The predicted molar refractivity (Wildman–Crippen MR) is 70.5 cm³/mol. The molecule has 83 valence electrons. The van der Waals surface area contributed by atoms with Crippen LogP contribution in [0.25, 0.3) is 0 Å². The standard InChI is InChI=1S/C16H19/c1-12-9-13(2)11-15(10-12)16(3,4)14-7-5-6-8-14/h5-11H,1-4H3. The fourth-order valence-corrected chi connectivity index (χ4v) is 2.29. The van der Waals surface area contributed by atoms with Crippen molar-refractivity contribution >= 4 is 0 Å². The smallest absolute Gasteiger partial charge is 0.0115 e. The highest BCUT2D eigenvalue weighted by atomic mass is 14.3. The van der Waals surface area contributed by atoms with Gasteiger partial charge in [0.15, 0.2) is 0 Å². The monoisotopic (exact) mass is 211 g/mol. The van der Waals surface area contributed by atoms with Crippen molar-refractivity contribution in [3.05, 3.63) is 65.1 Å². The van der Waals surface area contributed by atoms with Crippen molar-refractivity contribution in [1.29, 1.82) is 0 Å². The maximum Gasteiger partial charge on any atom is 0.0115 e. The Labute approximate surface area is 98.7 Å². The molecule has 0 atom stereocenters. The number of benzene rings is 1. The molecule has 0 spiro atoms. The van der Waals surface area contributed by atoms with Crippen molar-refractivity contribution in [3.8, 4) is 0 Å². The van der Waals surface area contributed by atoms with E-state index in [2.05, 4.69) is 70.5 Å². The van der Waals surface area contributed by atoms with Gasteiger partial charge in [-0.15, -0.1) is 0 Å². The topological polar surface area (TPSA) is 0 Å². The van der Waals surface area contributed by atoms with Crippen LogP contribution in [-0.4, -0.2) is 0 Å². The molecule has 1 aromatic carbocycles. The van der Waals surface area contributed by atoms with Gasteiger partial charge >= 0.3 is 0 Å². The highest BCUT2D eigenvalue weighted by Gasteiger charge is 2.26. The van der Waals surface area contributed by atoms with Crippen LogP contribution in [0, 0.1) is 20.3 Å². The van der Waals surface area contributed by atoms with Gasteiger partial charge in [-0.05, 0) is 19.4 Å². The summed E-state index contributed by atoms with van der Waals surface area (Å²) in [6.45, 7) is 8.91. The van der Waals surface area contributed by atoms with Crippen molar-refractivity contribution in [2.75, 3.05) is 0 Å². The highest BCUT2D eigenvalue weighted by Crippen LogP contribution is 2.35. The lowest BCUT2D eigenvalue weighted by Crippen LogP contribution is -2.20. The zero-order chi connectivity index (χ0) is 11.8. The molecule has 0 unspecified atom stereocenters. The molecule has 0 aliphatic heterocycles. The molecule has 1 aromatic rings. The van der Waals surface area contributed by atoms with E-state index in [9.17, 15) is 0 Å². The molecule has 0 saturated carbocycles. The van der Waals surface area contributed by atoms with Crippen LogP contribution in [0.15, 0.2) is 42.0 Å². The maximum absolute atomic E-state index is 2.29. The first-order valence-corrected chi connectivity index (χ1v) is 5.81. The van der Waals surface area contributed by atoms with Gasteiger partial charge in [0.05, 0.1) is 0 Å². The van der Waals surface area contributed by atoms with Crippen LogP contribution >= 0.6 is 0 Å². The van der Waals surface area contributed by atoms with E-state index >= 15 is 0 Å². The summed E-state index contributed by atoms with van der Waals surface area (Å²) >= 11 is 0. The fraction of sp³-hybridized carbons (Fsp3) is 0.312. The summed E-state index contributed by atoms with van der Waals surface area (Å²) in [6.07, 6.45) is 8.63.